The highest BCUT2D eigenvalue weighted by molar-refractivity contribution is 8.01. The first-order valence-corrected chi connectivity index (χ1v) is 15.3. The number of hydrogen-bond donors (Lipinski definition) is 7. The number of amides is 3. The molecule has 0 bridgehead atoms. The van der Waals surface area contributed by atoms with Crippen molar-refractivity contribution in [3.05, 3.63) is 45.7 Å². The van der Waals surface area contributed by atoms with Crippen LogP contribution in [0.3, 0.4) is 0 Å². The molecule has 47 heavy (non-hydrogen) atoms. The van der Waals surface area contributed by atoms with E-state index in [-0.39, 0.29) is 40.2 Å². The molecule has 19 nitrogen and oxygen atoms in total. The fourth-order valence-electron chi connectivity index (χ4n) is 4.33. The molecule has 0 spiro atoms. The summed E-state index contributed by atoms with van der Waals surface area (Å²) in [7, 11) is 0. The van der Waals surface area contributed by atoms with Crippen molar-refractivity contribution in [2.45, 2.75) is 42.3 Å². The molecule has 1 aromatic carbocycles. The van der Waals surface area contributed by atoms with E-state index in [0.29, 0.717) is 0 Å². The summed E-state index contributed by atoms with van der Waals surface area (Å²) in [5.74, 6) is -6.21. The molecule has 3 amide bonds. The Bertz CT molecular complexity index is 1850. The second-order valence-corrected chi connectivity index (χ2v) is 13.2. The number of carbonyl (C=O) groups is 5. The van der Waals surface area contributed by atoms with Crippen LogP contribution in [-0.2, 0) is 35.4 Å². The van der Waals surface area contributed by atoms with Crippen LogP contribution in [0, 0.1) is 0 Å². The van der Waals surface area contributed by atoms with E-state index in [0.717, 1.165) is 33.8 Å². The number of aromatic nitrogens is 4. The van der Waals surface area contributed by atoms with E-state index in [1.807, 2.05) is 0 Å². The summed E-state index contributed by atoms with van der Waals surface area (Å²) in [6.07, 6.45) is 1.26. The first kappa shape index (κ1) is 33.2. The lowest BCUT2D eigenvalue weighted by molar-refractivity contribution is -0.161. The Labute approximate surface area is 276 Å². The summed E-state index contributed by atoms with van der Waals surface area (Å²) in [5.41, 5.74) is 3.36. The average Bonchev–Trinajstić information content (AvgIpc) is 3.75. The number of nitrogens with two attached hydrogens (primary N) is 1. The fourth-order valence-corrected chi connectivity index (χ4v) is 6.66. The van der Waals surface area contributed by atoms with E-state index in [1.54, 1.807) is 0 Å². The number of oxime groups is 1. The summed E-state index contributed by atoms with van der Waals surface area (Å²) in [5, 5.41) is 55.6. The van der Waals surface area contributed by atoms with Gasteiger partial charge in [0.15, 0.2) is 22.3 Å². The molecule has 3 atom stereocenters. The minimum Gasteiger partial charge on any atom is -0.504 e. The Morgan fingerprint density at radius 2 is 1.98 bits per heavy atom. The molecule has 2 fully saturated rings. The van der Waals surface area contributed by atoms with Crippen molar-refractivity contribution in [3.63, 3.8) is 0 Å². The Kier molecular flexibility index (Phi) is 8.64. The maximum Gasteiger partial charge on any atom is 0.350 e. The zero-order valence-corrected chi connectivity index (χ0v) is 26.5. The number of anilines is 1. The fraction of sp³-hybridized carbons (Fsp3) is 0.320. The number of benzene rings is 1. The Balaban J connectivity index is 1.30. The van der Waals surface area contributed by atoms with E-state index >= 15 is 0 Å². The lowest BCUT2D eigenvalue weighted by Crippen LogP contribution is -2.68. The molecule has 0 saturated carbocycles. The number of rotatable bonds is 11. The summed E-state index contributed by atoms with van der Waals surface area (Å²) in [4.78, 5) is 71.4. The van der Waals surface area contributed by atoms with Gasteiger partial charge < -0.3 is 46.5 Å². The number of hydrogen-bond acceptors (Lipinski definition) is 15. The molecule has 8 N–H and O–H groups in total. The summed E-state index contributed by atoms with van der Waals surface area (Å²) in [6, 6.07) is 1.06. The van der Waals surface area contributed by atoms with Crippen molar-refractivity contribution < 1.29 is 49.2 Å². The number of carboxylic acids is 2. The van der Waals surface area contributed by atoms with Crippen molar-refractivity contribution in [2.75, 3.05) is 12.3 Å². The number of nitrogens with zero attached hydrogens (tertiary/aromatic N) is 6. The lowest BCUT2D eigenvalue weighted by Gasteiger charge is -2.41. The van der Waals surface area contributed by atoms with Crippen LogP contribution in [0.25, 0.3) is 0 Å². The number of aliphatic carboxylic acids is 2. The van der Waals surface area contributed by atoms with Crippen LogP contribution in [0.2, 0.25) is 5.02 Å². The van der Waals surface area contributed by atoms with Gasteiger partial charge in [-0.15, -0.1) is 16.4 Å². The maximum atomic E-state index is 13.3. The van der Waals surface area contributed by atoms with Crippen LogP contribution in [0.5, 0.6) is 11.5 Å². The number of thiazole rings is 1. The molecule has 0 radical (unpaired) electrons. The molecule has 2 saturated heterocycles. The molecule has 3 aromatic rings. The van der Waals surface area contributed by atoms with Gasteiger partial charge >= 0.3 is 11.9 Å². The number of halogens is 1. The van der Waals surface area contributed by atoms with Crippen molar-refractivity contribution in [1.82, 2.24) is 35.5 Å². The highest BCUT2D eigenvalue weighted by Gasteiger charge is 2.64. The first-order valence-electron chi connectivity index (χ1n) is 13.2. The van der Waals surface area contributed by atoms with Crippen molar-refractivity contribution in [3.8, 4) is 11.5 Å². The number of fused-ring (bicyclic) bond motifs is 1. The minimum absolute atomic E-state index is 0.0412. The number of carboxylic acid groups (broad SMARTS) is 2. The van der Waals surface area contributed by atoms with Crippen LogP contribution in [0.15, 0.2) is 28.9 Å². The van der Waals surface area contributed by atoms with Gasteiger partial charge in [-0.25, -0.2) is 19.3 Å². The Hall–Kier alpha value is -5.15. The second kappa shape index (κ2) is 12.2. The van der Waals surface area contributed by atoms with Gasteiger partial charge in [-0.1, -0.05) is 33.7 Å². The highest BCUT2D eigenvalue weighted by Crippen LogP contribution is 2.49. The average molecular weight is 710 g/mol. The second-order valence-electron chi connectivity index (χ2n) is 10.6. The third kappa shape index (κ3) is 6.06. The number of carbonyl (C=O) groups excluding carboxylic acids is 3. The first-order chi connectivity index (χ1) is 22.1. The van der Waals surface area contributed by atoms with E-state index in [4.69, 9.17) is 22.2 Å². The topological polar surface area (TPSA) is 285 Å². The van der Waals surface area contributed by atoms with Gasteiger partial charge in [-0.2, -0.15) is 0 Å². The van der Waals surface area contributed by atoms with E-state index in [9.17, 15) is 44.4 Å². The Morgan fingerprint density at radius 1 is 1.26 bits per heavy atom. The molecule has 2 aliphatic heterocycles. The van der Waals surface area contributed by atoms with Gasteiger partial charge in [0.2, 0.25) is 16.4 Å². The third-order valence-electron chi connectivity index (χ3n) is 7.00. The van der Waals surface area contributed by atoms with Crippen molar-refractivity contribution in [1.29, 1.82) is 0 Å². The molecule has 0 aliphatic carbocycles. The number of nitrogens with one attached hydrogen (secondary N) is 2. The van der Waals surface area contributed by atoms with Gasteiger partial charge in [-0.3, -0.25) is 14.4 Å². The number of nitrogen functional groups attached to an aromatic ring is 1. The number of phenols is 2. The highest BCUT2D eigenvalue weighted by atomic mass is 35.5. The molecule has 2 aromatic heterocycles. The summed E-state index contributed by atoms with van der Waals surface area (Å²) >= 11 is 7.72. The molecule has 248 valence electrons. The van der Waals surface area contributed by atoms with Gasteiger partial charge in [0, 0.05) is 5.38 Å². The smallest absolute Gasteiger partial charge is 0.350 e. The largest absolute Gasteiger partial charge is 0.504 e. The summed E-state index contributed by atoms with van der Waals surface area (Å²) < 4.78 is 1.03. The van der Waals surface area contributed by atoms with Gasteiger partial charge in [-0.05, 0) is 26.0 Å². The van der Waals surface area contributed by atoms with Gasteiger partial charge in [0.1, 0.15) is 22.8 Å². The predicted molar refractivity (Wildman–Crippen MR) is 162 cm³/mol. The zero-order chi connectivity index (χ0) is 34.4. The molecule has 4 heterocycles. The third-order valence-corrected chi connectivity index (χ3v) is 9.71. The van der Waals surface area contributed by atoms with Crippen LogP contribution >= 0.6 is 34.7 Å². The van der Waals surface area contributed by atoms with E-state index in [2.05, 4.69) is 31.1 Å². The molecular weight excluding hydrogens is 686 g/mol. The van der Waals surface area contributed by atoms with Crippen LogP contribution in [-0.4, -0.2) is 104 Å². The normalized spacial score (nSPS) is 20.7. The lowest BCUT2D eigenvalue weighted by atomic mass is 10.1. The van der Waals surface area contributed by atoms with Crippen LogP contribution in [0.4, 0.5) is 5.13 Å². The Morgan fingerprint density at radius 3 is 2.62 bits per heavy atom. The molecular formula is C25H24ClN9O10S2. The standard InChI is InChI=1S/C25H24ClN9O10S2/c1-24(2,21(41)42)45-32-14(11-7-46-23(27)29-11)18(39)30-15-19(40)34-8-25(22(43)44,47-20(15)34)35-6-9(31-33-35)5-28-17(38)10-3-4-12(36)16(37)13(10)26/h3-4,6-7,15,20,36-37H,5,8H2,1-2H3,(H2,27,29)(H,28,38)(H,30,39)(H,41,42)(H,43,44)/b32-14-/t15?,20-,25-/m1/s1. The number of aromatic hydroxyl groups is 2. The summed E-state index contributed by atoms with van der Waals surface area (Å²) in [6.45, 7) is 1.84. The minimum atomic E-state index is -1.87. The molecule has 1 unspecified atom stereocenters. The number of thioether (sulfide) groups is 1. The number of β-lactam (4-membered cyclic amide) rings is 1. The van der Waals surface area contributed by atoms with Crippen molar-refractivity contribution >= 4 is 75.2 Å². The molecule has 5 rings (SSSR count). The van der Waals surface area contributed by atoms with Crippen molar-refractivity contribution in [2.24, 2.45) is 5.16 Å². The van der Waals surface area contributed by atoms with E-state index < -0.39 is 68.8 Å². The maximum absolute atomic E-state index is 13.3. The molecule has 2 aliphatic rings. The number of phenolic OH excluding ortho intramolecular Hbond substituents is 2. The molecule has 22 heteroatoms. The SMILES string of the molecule is CC(C)(O/N=C(\C(=O)NC1C(=O)N2C[C@@](C(=O)O)(n3cc(CNC(=O)c4ccc(O)c(O)c4Cl)nn3)S[C@H]12)c1csc(N)n1)C(=O)O. The zero-order valence-electron chi connectivity index (χ0n) is 24.1. The monoisotopic (exact) mass is 709 g/mol. The van der Waals surface area contributed by atoms with Gasteiger partial charge in [0.25, 0.3) is 11.8 Å². The van der Waals surface area contributed by atoms with Crippen LogP contribution in [0.1, 0.15) is 35.6 Å². The van der Waals surface area contributed by atoms with E-state index in [1.165, 1.54) is 36.4 Å². The van der Waals surface area contributed by atoms with Crippen LogP contribution < -0.4 is 16.4 Å². The predicted octanol–water partition coefficient (Wildman–Crippen LogP) is -0.267. The van der Waals surface area contributed by atoms with Gasteiger partial charge in [0.05, 0.1) is 29.9 Å². The quantitative estimate of drug-likeness (QED) is 0.0584.